The van der Waals surface area contributed by atoms with E-state index in [1.807, 2.05) is 0 Å². The van der Waals surface area contributed by atoms with Crippen LogP contribution in [-0.4, -0.2) is 25.7 Å². The first-order valence-electron chi connectivity index (χ1n) is 5.72. The van der Waals surface area contributed by atoms with Gasteiger partial charge < -0.3 is 10.1 Å². The van der Waals surface area contributed by atoms with E-state index in [9.17, 15) is 4.79 Å². The highest BCUT2D eigenvalue weighted by atomic mass is 16.5. The summed E-state index contributed by atoms with van der Waals surface area (Å²) in [6.07, 6.45) is 5.40. The summed E-state index contributed by atoms with van der Waals surface area (Å²) in [5, 5.41) is 3.22. The molecule has 1 rings (SSSR count). The minimum absolute atomic E-state index is 0.00620. The van der Waals surface area contributed by atoms with E-state index in [0.29, 0.717) is 6.61 Å². The number of hydrogen-bond donors (Lipinski definition) is 1. The van der Waals surface area contributed by atoms with Crippen LogP contribution in [0, 0.1) is 5.92 Å². The zero-order chi connectivity index (χ0) is 10.2. The fraction of sp³-hybridized carbons (Fsp3) is 0.909. The fourth-order valence-electron chi connectivity index (χ4n) is 1.70. The maximum atomic E-state index is 11.5. The molecule has 14 heavy (non-hydrogen) atoms. The zero-order valence-electron chi connectivity index (χ0n) is 9.05. The summed E-state index contributed by atoms with van der Waals surface area (Å²) < 4.78 is 5.20. The quantitative estimate of drug-likeness (QED) is 0.541. The third-order valence-electron chi connectivity index (χ3n) is 2.62. The molecule has 0 saturated carbocycles. The monoisotopic (exact) mass is 199 g/mol. The van der Waals surface area contributed by atoms with E-state index in [1.165, 1.54) is 6.42 Å². The third kappa shape index (κ3) is 4.09. The number of esters is 1. The molecular weight excluding hydrogens is 178 g/mol. The van der Waals surface area contributed by atoms with Crippen molar-refractivity contribution < 1.29 is 9.53 Å². The van der Waals surface area contributed by atoms with E-state index in [4.69, 9.17) is 4.74 Å². The van der Waals surface area contributed by atoms with Gasteiger partial charge in [-0.2, -0.15) is 0 Å². The van der Waals surface area contributed by atoms with Crippen molar-refractivity contribution >= 4 is 5.97 Å². The molecule has 1 atom stereocenters. The average molecular weight is 199 g/mol. The highest BCUT2D eigenvalue weighted by Crippen LogP contribution is 2.11. The lowest BCUT2D eigenvalue weighted by Crippen LogP contribution is -2.35. The molecule has 1 heterocycles. The molecule has 1 unspecified atom stereocenters. The average Bonchev–Trinajstić information content (AvgIpc) is 2.25. The summed E-state index contributed by atoms with van der Waals surface area (Å²) in [5.74, 6) is 0.0960. The Morgan fingerprint density at radius 1 is 1.50 bits per heavy atom. The predicted octanol–water partition coefficient (Wildman–Crippen LogP) is 1.72. The summed E-state index contributed by atoms with van der Waals surface area (Å²) in [7, 11) is 0. The van der Waals surface area contributed by atoms with Crippen LogP contribution in [0.25, 0.3) is 0 Å². The summed E-state index contributed by atoms with van der Waals surface area (Å²) in [4.78, 5) is 11.5. The van der Waals surface area contributed by atoms with Gasteiger partial charge in [0.1, 0.15) is 0 Å². The molecule has 82 valence electrons. The Morgan fingerprint density at radius 2 is 2.36 bits per heavy atom. The van der Waals surface area contributed by atoms with Crippen molar-refractivity contribution in [2.24, 2.45) is 5.92 Å². The van der Waals surface area contributed by atoms with Crippen molar-refractivity contribution in [2.45, 2.75) is 39.0 Å². The highest BCUT2D eigenvalue weighted by Gasteiger charge is 2.21. The second kappa shape index (κ2) is 6.82. The molecule has 0 aromatic carbocycles. The first kappa shape index (κ1) is 11.5. The van der Waals surface area contributed by atoms with E-state index in [0.717, 1.165) is 38.8 Å². The van der Waals surface area contributed by atoms with E-state index >= 15 is 0 Å². The van der Waals surface area contributed by atoms with Crippen LogP contribution >= 0.6 is 0 Å². The highest BCUT2D eigenvalue weighted by molar-refractivity contribution is 5.72. The van der Waals surface area contributed by atoms with E-state index in [1.54, 1.807) is 0 Å². The minimum Gasteiger partial charge on any atom is -0.465 e. The number of ether oxygens (including phenoxy) is 1. The van der Waals surface area contributed by atoms with E-state index in [2.05, 4.69) is 12.2 Å². The van der Waals surface area contributed by atoms with Crippen LogP contribution < -0.4 is 5.32 Å². The Labute approximate surface area is 86.2 Å². The first-order valence-corrected chi connectivity index (χ1v) is 5.72. The molecule has 0 aliphatic carbocycles. The normalized spacial score (nSPS) is 21.9. The van der Waals surface area contributed by atoms with Gasteiger partial charge in [-0.05, 0) is 25.8 Å². The summed E-state index contributed by atoms with van der Waals surface area (Å²) in [6, 6.07) is 0. The smallest absolute Gasteiger partial charge is 0.310 e. The van der Waals surface area contributed by atoms with Crippen molar-refractivity contribution in [1.82, 2.24) is 5.32 Å². The van der Waals surface area contributed by atoms with E-state index < -0.39 is 0 Å². The lowest BCUT2D eigenvalue weighted by molar-refractivity contribution is -0.149. The Balaban J connectivity index is 2.07. The number of rotatable bonds is 5. The molecular formula is C11H21NO2. The summed E-state index contributed by atoms with van der Waals surface area (Å²) in [5.41, 5.74) is 0. The molecule has 0 amide bonds. The molecule has 0 bridgehead atoms. The molecule has 1 saturated heterocycles. The number of nitrogens with one attached hydrogen (secondary N) is 1. The van der Waals surface area contributed by atoms with Gasteiger partial charge in [0.05, 0.1) is 12.5 Å². The molecule has 0 spiro atoms. The van der Waals surface area contributed by atoms with Gasteiger partial charge in [-0.15, -0.1) is 0 Å². The Bertz CT molecular complexity index is 165. The Hall–Kier alpha value is -0.570. The maximum absolute atomic E-state index is 11.5. The lowest BCUT2D eigenvalue weighted by Gasteiger charge is -2.20. The molecule has 1 N–H and O–H groups in total. The zero-order valence-corrected chi connectivity index (χ0v) is 9.05. The molecule has 3 nitrogen and oxygen atoms in total. The number of carbonyl (C=O) groups excluding carboxylic acids is 1. The van der Waals surface area contributed by atoms with Crippen LogP contribution in [-0.2, 0) is 9.53 Å². The van der Waals surface area contributed by atoms with Crippen molar-refractivity contribution in [2.75, 3.05) is 19.7 Å². The maximum Gasteiger partial charge on any atom is 0.310 e. The van der Waals surface area contributed by atoms with Gasteiger partial charge in [-0.1, -0.05) is 19.8 Å². The van der Waals surface area contributed by atoms with Crippen LogP contribution in [0.4, 0.5) is 0 Å². The standard InChI is InChI=1S/C11H21NO2/c1-2-3-4-8-14-11(13)10-6-5-7-12-9-10/h10,12H,2-9H2,1H3. The van der Waals surface area contributed by atoms with E-state index in [-0.39, 0.29) is 11.9 Å². The van der Waals surface area contributed by atoms with Gasteiger partial charge in [-0.25, -0.2) is 0 Å². The van der Waals surface area contributed by atoms with Gasteiger partial charge in [0.2, 0.25) is 0 Å². The second-order valence-corrected chi connectivity index (χ2v) is 3.92. The van der Waals surface area contributed by atoms with Gasteiger partial charge in [0.15, 0.2) is 0 Å². The molecule has 0 aromatic rings. The summed E-state index contributed by atoms with van der Waals surface area (Å²) >= 11 is 0. The molecule has 0 radical (unpaired) electrons. The van der Waals surface area contributed by atoms with Crippen LogP contribution in [0.3, 0.4) is 0 Å². The van der Waals surface area contributed by atoms with Crippen LogP contribution in [0.2, 0.25) is 0 Å². The lowest BCUT2D eigenvalue weighted by atomic mass is 10.0. The number of unbranched alkanes of at least 4 members (excludes halogenated alkanes) is 2. The second-order valence-electron chi connectivity index (χ2n) is 3.92. The first-order chi connectivity index (χ1) is 6.84. The van der Waals surface area contributed by atoms with Crippen LogP contribution in [0.1, 0.15) is 39.0 Å². The Morgan fingerprint density at radius 3 is 3.00 bits per heavy atom. The van der Waals surface area contributed by atoms with Crippen molar-refractivity contribution in [3.8, 4) is 0 Å². The van der Waals surface area contributed by atoms with Crippen molar-refractivity contribution in [1.29, 1.82) is 0 Å². The van der Waals surface area contributed by atoms with Crippen molar-refractivity contribution in [3.63, 3.8) is 0 Å². The Kier molecular flexibility index (Phi) is 5.60. The molecule has 3 heteroatoms. The number of carbonyl (C=O) groups is 1. The summed E-state index contributed by atoms with van der Waals surface area (Å²) in [6.45, 7) is 4.59. The van der Waals surface area contributed by atoms with Gasteiger partial charge >= 0.3 is 5.97 Å². The molecule has 1 fully saturated rings. The largest absolute Gasteiger partial charge is 0.465 e. The van der Waals surface area contributed by atoms with Gasteiger partial charge in [-0.3, -0.25) is 4.79 Å². The van der Waals surface area contributed by atoms with Crippen LogP contribution in [0.5, 0.6) is 0 Å². The third-order valence-corrected chi connectivity index (χ3v) is 2.62. The molecule has 1 aliphatic heterocycles. The molecule has 1 aliphatic rings. The number of piperidine rings is 1. The number of hydrogen-bond acceptors (Lipinski definition) is 3. The fourth-order valence-corrected chi connectivity index (χ4v) is 1.70. The SMILES string of the molecule is CCCCCOC(=O)C1CCCNC1. The minimum atomic E-state index is -0.00620. The van der Waals surface area contributed by atoms with Gasteiger partial charge in [0.25, 0.3) is 0 Å². The van der Waals surface area contributed by atoms with Crippen molar-refractivity contribution in [3.05, 3.63) is 0 Å². The van der Waals surface area contributed by atoms with Crippen LogP contribution in [0.15, 0.2) is 0 Å². The van der Waals surface area contributed by atoms with Gasteiger partial charge in [0, 0.05) is 6.54 Å². The molecule has 0 aromatic heterocycles. The predicted molar refractivity (Wildman–Crippen MR) is 56.1 cm³/mol. The topological polar surface area (TPSA) is 38.3 Å².